The van der Waals surface area contributed by atoms with Gasteiger partial charge in [0, 0.05) is 5.92 Å². The first-order valence-electron chi connectivity index (χ1n) is 4.14. The van der Waals surface area contributed by atoms with Crippen molar-refractivity contribution in [2.75, 3.05) is 0 Å². The fraction of sp³-hybridized carbons (Fsp3) is 0.750. The second kappa shape index (κ2) is 4.11. The lowest BCUT2D eigenvalue weighted by atomic mass is 10.0. The molecule has 1 rings (SSSR count). The van der Waals surface area contributed by atoms with Gasteiger partial charge in [-0.1, -0.05) is 25.4 Å². The summed E-state index contributed by atoms with van der Waals surface area (Å²) < 4.78 is 4.68. The van der Waals surface area contributed by atoms with Crippen LogP contribution in [0, 0.1) is 0 Å². The Balaban J connectivity index is 2.56. The van der Waals surface area contributed by atoms with E-state index in [0.29, 0.717) is 5.92 Å². The average Bonchev–Trinajstić information content (AvgIpc) is 2.52. The lowest BCUT2D eigenvalue weighted by molar-refractivity contribution is 0.399. The smallest absolute Gasteiger partial charge is 0.213 e. The maximum atomic E-state index is 4.68. The van der Waals surface area contributed by atoms with Gasteiger partial charge in [-0.25, -0.2) is 0 Å². The Hall–Kier alpha value is -0.860. The van der Waals surface area contributed by atoms with Crippen LogP contribution in [0.1, 0.15) is 44.9 Å². The van der Waals surface area contributed by atoms with Crippen molar-refractivity contribution >= 4 is 0 Å². The molecule has 3 nitrogen and oxygen atoms in total. The van der Waals surface area contributed by atoms with E-state index in [-0.39, 0.29) is 0 Å². The van der Waals surface area contributed by atoms with Crippen molar-refractivity contribution in [3.05, 3.63) is 12.2 Å². The Morgan fingerprint density at radius 2 is 2.36 bits per heavy atom. The van der Waals surface area contributed by atoms with E-state index in [0.717, 1.165) is 18.7 Å². The van der Waals surface area contributed by atoms with E-state index in [1.54, 1.807) is 0 Å². The highest BCUT2D eigenvalue weighted by Crippen LogP contribution is 2.20. The van der Waals surface area contributed by atoms with Gasteiger partial charge in [-0.05, 0) is 12.8 Å². The summed E-state index contributed by atoms with van der Waals surface area (Å²) in [6, 6.07) is 0. The fourth-order valence-corrected chi connectivity index (χ4v) is 1.22. The molecule has 0 bridgehead atoms. The van der Waals surface area contributed by atoms with Crippen molar-refractivity contribution in [2.24, 2.45) is 0 Å². The minimum atomic E-state index is 0.485. The highest BCUT2D eigenvalue weighted by Gasteiger charge is 2.11. The first kappa shape index (κ1) is 8.24. The molecule has 0 N–H and O–H groups in total. The Bertz CT molecular complexity index is 184. The average molecular weight is 154 g/mol. The van der Waals surface area contributed by atoms with Crippen molar-refractivity contribution in [2.45, 2.75) is 39.0 Å². The largest absolute Gasteiger partial charge is 0.343 e. The summed E-state index contributed by atoms with van der Waals surface area (Å²) in [6.07, 6.45) is 4.81. The molecule has 1 heterocycles. The van der Waals surface area contributed by atoms with E-state index in [1.807, 2.05) is 0 Å². The van der Waals surface area contributed by atoms with Gasteiger partial charge in [-0.15, -0.1) is 0 Å². The molecule has 11 heavy (non-hydrogen) atoms. The third-order valence-electron chi connectivity index (χ3n) is 1.87. The van der Waals surface area contributed by atoms with Crippen molar-refractivity contribution in [1.82, 2.24) is 10.1 Å². The summed E-state index contributed by atoms with van der Waals surface area (Å²) in [7, 11) is 0. The molecule has 0 amide bonds. The first-order chi connectivity index (χ1) is 5.38. The number of hydrogen-bond acceptors (Lipinski definition) is 3. The molecule has 0 fully saturated rings. The lowest BCUT2D eigenvalue weighted by Gasteiger charge is -2.06. The van der Waals surface area contributed by atoms with Gasteiger partial charge in [-0.2, -0.15) is 4.98 Å². The molecule has 0 saturated carbocycles. The maximum absolute atomic E-state index is 4.68. The van der Waals surface area contributed by atoms with Crippen LogP contribution in [0.25, 0.3) is 0 Å². The maximum Gasteiger partial charge on any atom is 0.213 e. The Kier molecular flexibility index (Phi) is 3.08. The van der Waals surface area contributed by atoms with Gasteiger partial charge in [0.15, 0.2) is 5.82 Å². The second-order valence-corrected chi connectivity index (χ2v) is 2.68. The number of hydrogen-bond donors (Lipinski definition) is 0. The quantitative estimate of drug-likeness (QED) is 0.668. The standard InChI is InChI=1S/C8H14N2O/c1-3-5-7(4-2)8-9-6-11-10-8/h6-7H,3-5H2,1-2H3. The van der Waals surface area contributed by atoms with E-state index < -0.39 is 0 Å². The molecule has 1 aromatic rings. The van der Waals surface area contributed by atoms with Crippen LogP contribution in [0.3, 0.4) is 0 Å². The minimum Gasteiger partial charge on any atom is -0.343 e. The summed E-state index contributed by atoms with van der Waals surface area (Å²) >= 11 is 0. The zero-order valence-electron chi connectivity index (χ0n) is 7.08. The van der Waals surface area contributed by atoms with Gasteiger partial charge in [0.1, 0.15) is 0 Å². The van der Waals surface area contributed by atoms with E-state index in [9.17, 15) is 0 Å². The summed E-state index contributed by atoms with van der Waals surface area (Å²) in [5.41, 5.74) is 0. The summed E-state index contributed by atoms with van der Waals surface area (Å²) in [6.45, 7) is 4.32. The third kappa shape index (κ3) is 2.03. The normalized spacial score (nSPS) is 13.3. The number of rotatable bonds is 4. The molecule has 3 heteroatoms. The zero-order valence-corrected chi connectivity index (χ0v) is 7.08. The van der Waals surface area contributed by atoms with E-state index in [4.69, 9.17) is 0 Å². The molecule has 0 aromatic carbocycles. The molecular formula is C8H14N2O. The van der Waals surface area contributed by atoms with Gasteiger partial charge >= 0.3 is 0 Å². The van der Waals surface area contributed by atoms with Crippen molar-refractivity contribution < 1.29 is 4.52 Å². The van der Waals surface area contributed by atoms with Gasteiger partial charge in [0.2, 0.25) is 6.39 Å². The van der Waals surface area contributed by atoms with Crippen LogP contribution in [0.5, 0.6) is 0 Å². The van der Waals surface area contributed by atoms with Crippen LogP contribution >= 0.6 is 0 Å². The van der Waals surface area contributed by atoms with Crippen molar-refractivity contribution in [3.8, 4) is 0 Å². The zero-order chi connectivity index (χ0) is 8.10. The van der Waals surface area contributed by atoms with Crippen molar-refractivity contribution in [3.63, 3.8) is 0 Å². The molecule has 0 aliphatic carbocycles. The Morgan fingerprint density at radius 3 is 2.82 bits per heavy atom. The van der Waals surface area contributed by atoms with Crippen LogP contribution in [0.2, 0.25) is 0 Å². The monoisotopic (exact) mass is 154 g/mol. The van der Waals surface area contributed by atoms with Gasteiger partial charge in [0.25, 0.3) is 0 Å². The molecular weight excluding hydrogens is 140 g/mol. The molecule has 0 saturated heterocycles. The fourth-order valence-electron chi connectivity index (χ4n) is 1.22. The second-order valence-electron chi connectivity index (χ2n) is 2.68. The van der Waals surface area contributed by atoms with E-state index in [2.05, 4.69) is 28.5 Å². The third-order valence-corrected chi connectivity index (χ3v) is 1.87. The van der Waals surface area contributed by atoms with Gasteiger partial charge in [-0.3, -0.25) is 0 Å². The van der Waals surface area contributed by atoms with Crippen LogP contribution in [0.4, 0.5) is 0 Å². The predicted octanol–water partition coefficient (Wildman–Crippen LogP) is 2.36. The van der Waals surface area contributed by atoms with Gasteiger partial charge < -0.3 is 4.52 Å². The molecule has 1 unspecified atom stereocenters. The van der Waals surface area contributed by atoms with E-state index >= 15 is 0 Å². The van der Waals surface area contributed by atoms with Crippen LogP contribution in [0.15, 0.2) is 10.9 Å². The number of aromatic nitrogens is 2. The topological polar surface area (TPSA) is 38.9 Å². The lowest BCUT2D eigenvalue weighted by Crippen LogP contribution is -1.98. The summed E-state index contributed by atoms with van der Waals surface area (Å²) in [5, 5.41) is 3.82. The van der Waals surface area contributed by atoms with Crippen molar-refractivity contribution in [1.29, 1.82) is 0 Å². The summed E-state index contributed by atoms with van der Waals surface area (Å²) in [5.74, 6) is 1.34. The molecule has 62 valence electrons. The first-order valence-corrected chi connectivity index (χ1v) is 4.14. The molecule has 0 spiro atoms. The molecule has 1 atom stereocenters. The molecule has 0 radical (unpaired) electrons. The minimum absolute atomic E-state index is 0.485. The highest BCUT2D eigenvalue weighted by molar-refractivity contribution is 4.90. The summed E-state index contributed by atoms with van der Waals surface area (Å²) in [4.78, 5) is 4.03. The van der Waals surface area contributed by atoms with E-state index in [1.165, 1.54) is 12.8 Å². The molecule has 0 aliphatic rings. The number of nitrogens with zero attached hydrogens (tertiary/aromatic N) is 2. The van der Waals surface area contributed by atoms with Crippen LogP contribution in [-0.2, 0) is 0 Å². The SMILES string of the molecule is CCCC(CC)c1ncon1. The molecule has 0 aliphatic heterocycles. The predicted molar refractivity (Wildman–Crippen MR) is 42.2 cm³/mol. The Morgan fingerprint density at radius 1 is 1.55 bits per heavy atom. The van der Waals surface area contributed by atoms with Crippen LogP contribution < -0.4 is 0 Å². The van der Waals surface area contributed by atoms with Gasteiger partial charge in [0.05, 0.1) is 0 Å². The Labute approximate surface area is 66.8 Å². The molecule has 1 aromatic heterocycles. The van der Waals surface area contributed by atoms with Crippen LogP contribution in [-0.4, -0.2) is 10.1 Å². The highest BCUT2D eigenvalue weighted by atomic mass is 16.5.